The van der Waals surface area contributed by atoms with Gasteiger partial charge in [0, 0.05) is 16.1 Å². The average molecular weight is 499 g/mol. The van der Waals surface area contributed by atoms with Crippen LogP contribution in [-0.4, -0.2) is 30.6 Å². The number of thiocarbonyl (C=S) groups is 1. The van der Waals surface area contributed by atoms with Crippen LogP contribution in [0.3, 0.4) is 0 Å². The molecule has 0 unspecified atom stereocenters. The van der Waals surface area contributed by atoms with Crippen LogP contribution in [0.5, 0.6) is 11.5 Å². The molecule has 2 aromatic rings. The summed E-state index contributed by atoms with van der Waals surface area (Å²) in [6, 6.07) is 12.3. The summed E-state index contributed by atoms with van der Waals surface area (Å²) in [4.78, 5) is 23.7. The number of para-hydroxylation sites is 1. The van der Waals surface area contributed by atoms with Gasteiger partial charge in [-0.25, -0.2) is 0 Å². The van der Waals surface area contributed by atoms with Crippen LogP contribution in [0.4, 0.5) is 0 Å². The third kappa shape index (κ3) is 7.72. The lowest BCUT2D eigenvalue weighted by Gasteiger charge is -2.11. The van der Waals surface area contributed by atoms with Gasteiger partial charge >= 0.3 is 0 Å². The van der Waals surface area contributed by atoms with Crippen molar-refractivity contribution in [3.63, 3.8) is 0 Å². The minimum Gasteiger partial charge on any atom is -0.496 e. The van der Waals surface area contributed by atoms with Crippen molar-refractivity contribution >= 4 is 62.8 Å². The smallest absolute Gasteiger partial charge is 0.276 e. The SMILES string of the molecule is COc1ccccc1C=CC(=O)NC(=S)NNC(=O)COc1ccc(Br)cc1Cl. The highest BCUT2D eigenvalue weighted by molar-refractivity contribution is 9.10. The molecule has 0 saturated carbocycles. The van der Waals surface area contributed by atoms with Gasteiger partial charge in [0.2, 0.25) is 5.91 Å². The second-order valence-corrected chi connectivity index (χ2v) is 7.16. The van der Waals surface area contributed by atoms with Crippen LogP contribution in [0.15, 0.2) is 53.0 Å². The van der Waals surface area contributed by atoms with E-state index in [2.05, 4.69) is 32.1 Å². The number of hydrogen-bond acceptors (Lipinski definition) is 5. The Morgan fingerprint density at radius 1 is 1.17 bits per heavy atom. The lowest BCUT2D eigenvalue weighted by Crippen LogP contribution is -2.49. The van der Waals surface area contributed by atoms with Crippen LogP contribution in [0, 0.1) is 0 Å². The topological polar surface area (TPSA) is 88.7 Å². The molecular weight excluding hydrogens is 482 g/mol. The van der Waals surface area contributed by atoms with Gasteiger partial charge in [0.25, 0.3) is 5.91 Å². The van der Waals surface area contributed by atoms with E-state index >= 15 is 0 Å². The van der Waals surface area contributed by atoms with E-state index in [1.54, 1.807) is 43.5 Å². The van der Waals surface area contributed by atoms with Crippen molar-refractivity contribution in [1.29, 1.82) is 0 Å². The van der Waals surface area contributed by atoms with Gasteiger partial charge in [0.1, 0.15) is 11.5 Å². The van der Waals surface area contributed by atoms with Gasteiger partial charge in [0.05, 0.1) is 12.1 Å². The van der Waals surface area contributed by atoms with E-state index in [4.69, 9.17) is 33.3 Å². The fourth-order valence-corrected chi connectivity index (χ4v) is 2.93. The number of carbonyl (C=O) groups excluding carboxylic acids is 2. The number of hydrogen-bond donors (Lipinski definition) is 3. The highest BCUT2D eigenvalue weighted by atomic mass is 79.9. The Morgan fingerprint density at radius 2 is 1.93 bits per heavy atom. The Morgan fingerprint density at radius 3 is 2.66 bits per heavy atom. The van der Waals surface area contributed by atoms with Gasteiger partial charge in [-0.1, -0.05) is 45.7 Å². The molecule has 0 heterocycles. The van der Waals surface area contributed by atoms with Gasteiger partial charge in [-0.2, -0.15) is 0 Å². The summed E-state index contributed by atoms with van der Waals surface area (Å²) in [5.74, 6) is 0.0171. The van der Waals surface area contributed by atoms with Crippen molar-refractivity contribution in [2.75, 3.05) is 13.7 Å². The summed E-state index contributed by atoms with van der Waals surface area (Å²) in [5, 5.41) is 2.70. The number of halogens is 2. The maximum atomic E-state index is 11.9. The van der Waals surface area contributed by atoms with Gasteiger partial charge in [0.15, 0.2) is 11.7 Å². The monoisotopic (exact) mass is 497 g/mol. The maximum Gasteiger partial charge on any atom is 0.276 e. The highest BCUT2D eigenvalue weighted by Gasteiger charge is 2.08. The van der Waals surface area contributed by atoms with Crippen LogP contribution in [0.25, 0.3) is 6.08 Å². The number of carbonyl (C=O) groups is 2. The molecule has 2 amide bonds. The molecule has 29 heavy (non-hydrogen) atoms. The Bertz CT molecular complexity index is 939. The van der Waals surface area contributed by atoms with Gasteiger partial charge in [-0.15, -0.1) is 0 Å². The van der Waals surface area contributed by atoms with Crippen LogP contribution >= 0.6 is 39.7 Å². The lowest BCUT2D eigenvalue weighted by molar-refractivity contribution is -0.123. The zero-order valence-electron chi connectivity index (χ0n) is 15.2. The predicted molar refractivity (Wildman–Crippen MR) is 119 cm³/mol. The molecule has 2 rings (SSSR count). The van der Waals surface area contributed by atoms with Crippen molar-refractivity contribution in [2.24, 2.45) is 0 Å². The van der Waals surface area contributed by atoms with Crippen LogP contribution < -0.4 is 25.6 Å². The fourth-order valence-electron chi connectivity index (χ4n) is 2.05. The molecule has 0 spiro atoms. The molecule has 0 aliphatic carbocycles. The average Bonchev–Trinajstić information content (AvgIpc) is 2.70. The summed E-state index contributed by atoms with van der Waals surface area (Å²) in [5.41, 5.74) is 5.47. The number of amides is 2. The van der Waals surface area contributed by atoms with Crippen molar-refractivity contribution in [2.45, 2.75) is 0 Å². The zero-order chi connectivity index (χ0) is 21.2. The number of methoxy groups -OCH3 is 1. The fraction of sp³-hybridized carbons (Fsp3) is 0.105. The minimum absolute atomic E-state index is 0.0744. The van der Waals surface area contributed by atoms with Crippen LogP contribution in [0.2, 0.25) is 5.02 Å². The molecule has 0 aromatic heterocycles. The standard InChI is InChI=1S/C19H17BrClN3O4S/c1-27-15-5-3-2-4-12(15)6-9-17(25)22-19(29)24-23-18(26)11-28-16-8-7-13(20)10-14(16)21/h2-10H,11H2,1H3,(H,23,26)(H2,22,24,25,29). The molecule has 0 aliphatic heterocycles. The number of nitrogens with one attached hydrogen (secondary N) is 3. The Labute approximate surface area is 186 Å². The third-order valence-corrected chi connectivity index (χ3v) is 4.35. The molecule has 0 radical (unpaired) electrons. The molecule has 152 valence electrons. The number of rotatable bonds is 6. The summed E-state index contributed by atoms with van der Waals surface area (Å²) in [6.45, 7) is -0.293. The molecule has 0 atom stereocenters. The quantitative estimate of drug-likeness (QED) is 0.322. The van der Waals surface area contributed by atoms with E-state index in [1.807, 2.05) is 12.1 Å². The van der Waals surface area contributed by atoms with E-state index in [9.17, 15) is 9.59 Å². The second kappa shape index (κ2) is 11.4. The maximum absolute atomic E-state index is 11.9. The van der Waals surface area contributed by atoms with Gasteiger partial charge in [-0.3, -0.25) is 25.8 Å². The molecule has 0 bridgehead atoms. The van der Waals surface area contributed by atoms with Crippen LogP contribution in [-0.2, 0) is 9.59 Å². The number of ether oxygens (including phenoxy) is 2. The minimum atomic E-state index is -0.509. The van der Waals surface area contributed by atoms with E-state index in [0.29, 0.717) is 16.5 Å². The zero-order valence-corrected chi connectivity index (χ0v) is 18.4. The Kier molecular flexibility index (Phi) is 8.91. The molecule has 0 fully saturated rings. The van der Waals surface area contributed by atoms with Gasteiger partial charge < -0.3 is 9.47 Å². The molecule has 2 aromatic carbocycles. The van der Waals surface area contributed by atoms with E-state index in [-0.39, 0.29) is 11.7 Å². The first kappa shape index (κ1) is 22.7. The van der Waals surface area contributed by atoms with Crippen LogP contribution in [0.1, 0.15) is 5.56 Å². The molecule has 10 heteroatoms. The predicted octanol–water partition coefficient (Wildman–Crippen LogP) is 3.23. The summed E-state index contributed by atoms with van der Waals surface area (Å²) >= 11 is 14.2. The number of hydrazine groups is 1. The lowest BCUT2D eigenvalue weighted by atomic mass is 10.2. The first-order valence-corrected chi connectivity index (χ1v) is 9.75. The molecular formula is C19H17BrClN3O4S. The Hall–Kier alpha value is -2.62. The second-order valence-electron chi connectivity index (χ2n) is 5.43. The summed E-state index contributed by atoms with van der Waals surface area (Å²) < 4.78 is 11.3. The molecule has 7 nitrogen and oxygen atoms in total. The third-order valence-electron chi connectivity index (χ3n) is 3.36. The Balaban J connectivity index is 1.75. The summed E-state index contributed by atoms with van der Waals surface area (Å²) in [6.07, 6.45) is 2.89. The highest BCUT2D eigenvalue weighted by Crippen LogP contribution is 2.27. The first-order chi connectivity index (χ1) is 13.9. The molecule has 0 aliphatic rings. The summed E-state index contributed by atoms with van der Waals surface area (Å²) in [7, 11) is 1.54. The van der Waals surface area contributed by atoms with Crippen molar-refractivity contribution in [3.8, 4) is 11.5 Å². The van der Waals surface area contributed by atoms with E-state index in [0.717, 1.165) is 10.0 Å². The largest absolute Gasteiger partial charge is 0.496 e. The number of benzene rings is 2. The van der Waals surface area contributed by atoms with Crippen molar-refractivity contribution in [3.05, 3.63) is 63.6 Å². The molecule has 0 saturated heterocycles. The van der Waals surface area contributed by atoms with Crippen molar-refractivity contribution < 1.29 is 19.1 Å². The van der Waals surface area contributed by atoms with Gasteiger partial charge in [-0.05, 0) is 42.6 Å². The normalized spacial score (nSPS) is 10.3. The first-order valence-electron chi connectivity index (χ1n) is 8.18. The van der Waals surface area contributed by atoms with Crippen molar-refractivity contribution in [1.82, 2.24) is 16.2 Å². The van der Waals surface area contributed by atoms with E-state index < -0.39 is 11.8 Å². The van der Waals surface area contributed by atoms with E-state index in [1.165, 1.54) is 6.08 Å². The molecule has 3 N–H and O–H groups in total.